The zero-order valence-electron chi connectivity index (χ0n) is 16.4. The fraction of sp³-hybridized carbons (Fsp3) is 0.765. The summed E-state index contributed by atoms with van der Waals surface area (Å²) < 4.78 is 11.5. The molecule has 2 unspecified atom stereocenters. The molecule has 1 aliphatic rings. The van der Waals surface area contributed by atoms with Crippen LogP contribution in [0.5, 0.6) is 0 Å². The van der Waals surface area contributed by atoms with E-state index in [1.165, 1.54) is 0 Å². The molecule has 8 heteroatoms. The van der Waals surface area contributed by atoms with Crippen LogP contribution < -0.4 is 10.6 Å². The average molecular weight is 468 g/mol. The second kappa shape index (κ2) is 9.61. The zero-order chi connectivity index (χ0) is 18.5. The third-order valence-electron chi connectivity index (χ3n) is 3.63. The molecule has 1 saturated heterocycles. The normalized spacial score (nSPS) is 22.8. The molecule has 146 valence electrons. The number of nitrogens with one attached hydrogen (secondary N) is 2. The number of carbonyl (C=O) groups excluding carboxylic acids is 1. The smallest absolute Gasteiger partial charge is 0.412 e. The van der Waals surface area contributed by atoms with Gasteiger partial charge in [-0.05, 0) is 41.5 Å². The molecule has 0 aliphatic carbocycles. The highest BCUT2D eigenvalue weighted by atomic mass is 127. The Bertz CT molecular complexity index is 489. The van der Waals surface area contributed by atoms with Gasteiger partial charge in [0.1, 0.15) is 11.3 Å². The number of aliphatic imine (C=N–C) groups is 1. The minimum Gasteiger partial charge on any atom is -0.444 e. The molecular weight excluding hydrogens is 435 g/mol. The van der Waals surface area contributed by atoms with Crippen molar-refractivity contribution in [3.05, 3.63) is 12.7 Å². The van der Waals surface area contributed by atoms with Gasteiger partial charge >= 0.3 is 6.09 Å². The number of nitrogens with zero attached hydrogens (tertiary/aromatic N) is 2. The molecule has 1 fully saturated rings. The van der Waals surface area contributed by atoms with Crippen LogP contribution in [-0.4, -0.2) is 60.6 Å². The highest BCUT2D eigenvalue weighted by molar-refractivity contribution is 14.0. The van der Waals surface area contributed by atoms with Crippen molar-refractivity contribution in [2.24, 2.45) is 4.99 Å². The first kappa shape index (κ1) is 24.0. The third-order valence-corrected chi connectivity index (χ3v) is 3.63. The topological polar surface area (TPSA) is 75.2 Å². The number of halogens is 1. The van der Waals surface area contributed by atoms with E-state index in [4.69, 9.17) is 9.47 Å². The van der Waals surface area contributed by atoms with Crippen LogP contribution in [0.15, 0.2) is 17.6 Å². The second-order valence-electron chi connectivity index (χ2n) is 7.31. The summed E-state index contributed by atoms with van der Waals surface area (Å²) in [4.78, 5) is 18.5. The van der Waals surface area contributed by atoms with Gasteiger partial charge in [0.25, 0.3) is 0 Å². The van der Waals surface area contributed by atoms with E-state index in [1.807, 2.05) is 41.5 Å². The molecule has 0 bridgehead atoms. The minimum atomic E-state index is -0.730. The van der Waals surface area contributed by atoms with Gasteiger partial charge in [-0.2, -0.15) is 0 Å². The summed E-state index contributed by atoms with van der Waals surface area (Å²) in [5.41, 5.74) is -1.29. The summed E-state index contributed by atoms with van der Waals surface area (Å²) in [5, 5.41) is 6.33. The van der Waals surface area contributed by atoms with E-state index in [1.54, 1.807) is 18.0 Å². The quantitative estimate of drug-likeness (QED) is 0.287. The second-order valence-corrected chi connectivity index (χ2v) is 7.31. The minimum absolute atomic E-state index is 0. The average Bonchev–Trinajstić information content (AvgIpc) is 2.66. The summed E-state index contributed by atoms with van der Waals surface area (Å²) in [6.07, 6.45) is 1.25. The van der Waals surface area contributed by atoms with Crippen molar-refractivity contribution in [3.63, 3.8) is 0 Å². The van der Waals surface area contributed by atoms with E-state index in [-0.39, 0.29) is 42.2 Å². The van der Waals surface area contributed by atoms with Crippen molar-refractivity contribution >= 4 is 36.0 Å². The molecule has 1 heterocycles. The molecule has 2 N–H and O–H groups in total. The van der Waals surface area contributed by atoms with Crippen LogP contribution in [0.1, 0.15) is 41.5 Å². The first-order chi connectivity index (χ1) is 11.0. The Labute approximate surface area is 168 Å². The molecule has 0 radical (unpaired) electrons. The van der Waals surface area contributed by atoms with Crippen molar-refractivity contribution in [2.45, 2.75) is 65.0 Å². The van der Waals surface area contributed by atoms with Crippen molar-refractivity contribution in [2.75, 3.05) is 20.1 Å². The molecule has 25 heavy (non-hydrogen) atoms. The van der Waals surface area contributed by atoms with E-state index in [0.29, 0.717) is 19.0 Å². The first-order valence-corrected chi connectivity index (χ1v) is 8.27. The SMILES string of the molecule is C=CCNC(=NC)NCC1C(C)OC(C)(C)N1C(=O)OC(C)(C)C.I. The van der Waals surface area contributed by atoms with Gasteiger partial charge in [0, 0.05) is 20.1 Å². The number of ether oxygens (including phenoxy) is 2. The Kier molecular flexibility index (Phi) is 9.21. The van der Waals surface area contributed by atoms with E-state index in [9.17, 15) is 4.79 Å². The maximum atomic E-state index is 12.7. The molecule has 7 nitrogen and oxygen atoms in total. The van der Waals surface area contributed by atoms with Crippen LogP contribution in [0.2, 0.25) is 0 Å². The Balaban J connectivity index is 0.00000576. The van der Waals surface area contributed by atoms with Gasteiger partial charge in [0.2, 0.25) is 0 Å². The van der Waals surface area contributed by atoms with Gasteiger partial charge in [-0.3, -0.25) is 9.89 Å². The molecule has 1 rings (SSSR count). The van der Waals surface area contributed by atoms with Crippen molar-refractivity contribution in [1.82, 2.24) is 15.5 Å². The van der Waals surface area contributed by atoms with E-state index < -0.39 is 11.3 Å². The Hall–Kier alpha value is -1.03. The zero-order valence-corrected chi connectivity index (χ0v) is 18.7. The lowest BCUT2D eigenvalue weighted by molar-refractivity contribution is -0.0755. The van der Waals surface area contributed by atoms with Crippen molar-refractivity contribution < 1.29 is 14.3 Å². The van der Waals surface area contributed by atoms with Gasteiger partial charge in [-0.1, -0.05) is 6.08 Å². The summed E-state index contributed by atoms with van der Waals surface area (Å²) in [6, 6.07) is -0.169. The lowest BCUT2D eigenvalue weighted by Crippen LogP contribution is -2.54. The number of hydrogen-bond acceptors (Lipinski definition) is 4. The van der Waals surface area contributed by atoms with Gasteiger partial charge in [0.05, 0.1) is 12.1 Å². The highest BCUT2D eigenvalue weighted by Gasteiger charge is 2.49. The predicted molar refractivity (Wildman–Crippen MR) is 111 cm³/mol. The van der Waals surface area contributed by atoms with Crippen molar-refractivity contribution in [1.29, 1.82) is 0 Å². The lowest BCUT2D eigenvalue weighted by Gasteiger charge is -2.35. The first-order valence-electron chi connectivity index (χ1n) is 8.27. The molecule has 0 saturated carbocycles. The number of amides is 1. The molecule has 0 spiro atoms. The van der Waals surface area contributed by atoms with Crippen LogP contribution in [-0.2, 0) is 9.47 Å². The molecule has 2 atom stereocenters. The summed E-state index contributed by atoms with van der Waals surface area (Å²) in [6.45, 7) is 16.0. The van der Waals surface area contributed by atoms with Gasteiger partial charge in [0.15, 0.2) is 5.96 Å². The monoisotopic (exact) mass is 468 g/mol. The Morgan fingerprint density at radius 3 is 2.48 bits per heavy atom. The highest BCUT2D eigenvalue weighted by Crippen LogP contribution is 2.33. The van der Waals surface area contributed by atoms with E-state index >= 15 is 0 Å². The fourth-order valence-electron chi connectivity index (χ4n) is 2.71. The van der Waals surface area contributed by atoms with E-state index in [2.05, 4.69) is 22.2 Å². The Morgan fingerprint density at radius 2 is 2.00 bits per heavy atom. The largest absolute Gasteiger partial charge is 0.444 e. The fourth-order valence-corrected chi connectivity index (χ4v) is 2.71. The molecule has 1 aliphatic heterocycles. The van der Waals surface area contributed by atoms with Gasteiger partial charge in [-0.25, -0.2) is 4.79 Å². The number of carbonyl (C=O) groups is 1. The van der Waals surface area contributed by atoms with Crippen LogP contribution in [0.4, 0.5) is 4.79 Å². The van der Waals surface area contributed by atoms with Crippen LogP contribution >= 0.6 is 24.0 Å². The van der Waals surface area contributed by atoms with Gasteiger partial charge in [-0.15, -0.1) is 30.6 Å². The lowest BCUT2D eigenvalue weighted by atomic mass is 10.1. The maximum absolute atomic E-state index is 12.7. The molecule has 0 aromatic carbocycles. The molecule has 1 amide bonds. The summed E-state index contributed by atoms with van der Waals surface area (Å²) >= 11 is 0. The number of hydrogen-bond donors (Lipinski definition) is 2. The Morgan fingerprint density at radius 1 is 1.40 bits per heavy atom. The van der Waals surface area contributed by atoms with Crippen LogP contribution in [0, 0.1) is 0 Å². The predicted octanol–water partition coefficient (Wildman–Crippen LogP) is 2.72. The number of guanidine groups is 1. The molecule has 0 aromatic heterocycles. The maximum Gasteiger partial charge on any atom is 0.412 e. The standard InChI is InChI=1S/C17H32N4O3.HI/c1-9-10-19-14(18-8)20-11-13-12(2)23-17(6,7)21(13)15(22)24-16(3,4)5;/h9,12-13H,1,10-11H2,2-8H3,(H2,18,19,20);1H. The molecule has 0 aromatic rings. The van der Waals surface area contributed by atoms with Crippen molar-refractivity contribution in [3.8, 4) is 0 Å². The van der Waals surface area contributed by atoms with Crippen LogP contribution in [0.3, 0.4) is 0 Å². The van der Waals surface area contributed by atoms with E-state index in [0.717, 1.165) is 0 Å². The van der Waals surface area contributed by atoms with Crippen LogP contribution in [0.25, 0.3) is 0 Å². The molecular formula is C17H33IN4O3. The van der Waals surface area contributed by atoms with Gasteiger partial charge < -0.3 is 20.1 Å². The number of rotatable bonds is 4. The summed E-state index contributed by atoms with van der Waals surface area (Å²) in [7, 11) is 1.70. The third kappa shape index (κ3) is 7.01. The summed E-state index contributed by atoms with van der Waals surface area (Å²) in [5.74, 6) is 0.649.